The van der Waals surface area contributed by atoms with Gasteiger partial charge in [0.2, 0.25) is 5.91 Å². The summed E-state index contributed by atoms with van der Waals surface area (Å²) in [4.78, 5) is 26.1. The molecule has 0 saturated carbocycles. The molecule has 6 nitrogen and oxygen atoms in total. The lowest BCUT2D eigenvalue weighted by Gasteiger charge is -2.24. The second kappa shape index (κ2) is 47.6. The largest absolute Gasteiger partial charge is 0.462 e. The third kappa shape index (κ3) is 42.3. The molecule has 6 heteroatoms. The summed E-state index contributed by atoms with van der Waals surface area (Å²) in [7, 11) is 0. The van der Waals surface area contributed by atoms with Gasteiger partial charge in [0.05, 0.1) is 25.2 Å². The molecule has 0 rings (SSSR count). The second-order valence-corrected chi connectivity index (χ2v) is 17.3. The first-order valence-electron chi connectivity index (χ1n) is 25.6. The molecule has 0 bridgehead atoms. The van der Waals surface area contributed by atoms with Crippen LogP contribution in [0.2, 0.25) is 0 Å². The molecule has 348 valence electrons. The Labute approximate surface area is 371 Å². The molecule has 0 aliphatic carbocycles. The van der Waals surface area contributed by atoms with Crippen molar-refractivity contribution in [3.05, 3.63) is 60.8 Å². The number of carbonyl (C=O) groups is 2. The summed E-state index contributed by atoms with van der Waals surface area (Å²) in [6.07, 6.45) is 58.5. The molecule has 3 N–H and O–H groups in total. The number of carbonyl (C=O) groups excluding carboxylic acids is 2. The predicted molar refractivity (Wildman–Crippen MR) is 259 cm³/mol. The van der Waals surface area contributed by atoms with Gasteiger partial charge >= 0.3 is 5.97 Å². The van der Waals surface area contributed by atoms with Crippen molar-refractivity contribution < 1.29 is 24.5 Å². The Bertz CT molecular complexity index is 1080. The van der Waals surface area contributed by atoms with Gasteiger partial charge in [-0.25, -0.2) is 0 Å². The summed E-state index contributed by atoms with van der Waals surface area (Å²) in [6.45, 7) is 6.33. The molecule has 0 fully saturated rings. The number of hydrogen-bond acceptors (Lipinski definition) is 5. The van der Waals surface area contributed by atoms with Gasteiger partial charge in [0, 0.05) is 6.42 Å². The molecule has 1 amide bonds. The number of rotatable bonds is 45. The average molecular weight is 840 g/mol. The minimum absolute atomic E-state index is 0.0502. The van der Waals surface area contributed by atoms with E-state index in [-0.39, 0.29) is 24.9 Å². The van der Waals surface area contributed by atoms with Gasteiger partial charge in [-0.2, -0.15) is 0 Å². The third-order valence-electron chi connectivity index (χ3n) is 11.5. The maximum Gasteiger partial charge on any atom is 0.306 e. The quantitative estimate of drug-likeness (QED) is 0.0322. The van der Waals surface area contributed by atoms with Crippen LogP contribution in [-0.2, 0) is 14.3 Å². The van der Waals surface area contributed by atoms with Crippen LogP contribution in [0.15, 0.2) is 60.8 Å². The van der Waals surface area contributed by atoms with Gasteiger partial charge in [-0.15, -0.1) is 0 Å². The van der Waals surface area contributed by atoms with Crippen molar-refractivity contribution in [3.63, 3.8) is 0 Å². The van der Waals surface area contributed by atoms with Crippen LogP contribution in [0.4, 0.5) is 0 Å². The van der Waals surface area contributed by atoms with Crippen LogP contribution in [0.1, 0.15) is 245 Å². The monoisotopic (exact) mass is 840 g/mol. The Morgan fingerprint density at radius 2 is 0.883 bits per heavy atom. The Morgan fingerprint density at radius 3 is 1.30 bits per heavy atom. The zero-order chi connectivity index (χ0) is 43.8. The van der Waals surface area contributed by atoms with Gasteiger partial charge in [0.25, 0.3) is 0 Å². The fourth-order valence-electron chi connectivity index (χ4n) is 7.64. The van der Waals surface area contributed by atoms with Gasteiger partial charge in [0.15, 0.2) is 0 Å². The number of ether oxygens (including phenoxy) is 1. The third-order valence-corrected chi connectivity index (χ3v) is 11.5. The Hall–Kier alpha value is -2.44. The van der Waals surface area contributed by atoms with Crippen LogP contribution in [0.3, 0.4) is 0 Å². The van der Waals surface area contributed by atoms with Gasteiger partial charge in [-0.3, -0.25) is 9.59 Å². The van der Waals surface area contributed by atoms with Gasteiger partial charge < -0.3 is 20.3 Å². The van der Waals surface area contributed by atoms with E-state index in [1.165, 1.54) is 141 Å². The molecule has 0 aliphatic rings. The smallest absolute Gasteiger partial charge is 0.306 e. The fraction of sp³-hybridized carbons (Fsp3) is 0.778. The minimum Gasteiger partial charge on any atom is -0.462 e. The normalized spacial score (nSPS) is 13.8. The van der Waals surface area contributed by atoms with E-state index in [9.17, 15) is 19.8 Å². The molecule has 0 heterocycles. The van der Waals surface area contributed by atoms with Gasteiger partial charge in [-0.05, 0) is 38.5 Å². The van der Waals surface area contributed by atoms with E-state index in [1.54, 1.807) is 0 Å². The predicted octanol–water partition coefficient (Wildman–Crippen LogP) is 15.2. The average Bonchev–Trinajstić information content (AvgIpc) is 3.24. The Kier molecular flexibility index (Phi) is 45.7. The molecule has 0 saturated heterocycles. The Morgan fingerprint density at radius 1 is 0.500 bits per heavy atom. The van der Waals surface area contributed by atoms with E-state index in [2.05, 4.69) is 38.2 Å². The molecular formula is C54H97NO5. The summed E-state index contributed by atoms with van der Waals surface area (Å²) in [5.74, 6) is -0.556. The van der Waals surface area contributed by atoms with E-state index in [0.29, 0.717) is 25.7 Å². The van der Waals surface area contributed by atoms with E-state index in [1.807, 2.05) is 48.6 Å². The molecule has 3 unspecified atom stereocenters. The lowest BCUT2D eigenvalue weighted by molar-refractivity contribution is -0.151. The van der Waals surface area contributed by atoms with Crippen molar-refractivity contribution in [2.45, 2.75) is 264 Å². The summed E-state index contributed by atoms with van der Waals surface area (Å²) in [6, 6.07) is -0.715. The Balaban J connectivity index is 4.65. The number of hydrogen-bond donors (Lipinski definition) is 3. The highest BCUT2D eigenvalue weighted by Gasteiger charge is 2.24. The molecule has 0 aromatic heterocycles. The number of amides is 1. The van der Waals surface area contributed by atoms with Gasteiger partial charge in [-0.1, -0.05) is 255 Å². The summed E-state index contributed by atoms with van der Waals surface area (Å²) in [5, 5.41) is 23.8. The molecular weight excluding hydrogens is 743 g/mol. The topological polar surface area (TPSA) is 95.9 Å². The van der Waals surface area contributed by atoms with E-state index >= 15 is 0 Å². The minimum atomic E-state index is -0.799. The molecule has 60 heavy (non-hydrogen) atoms. The van der Waals surface area contributed by atoms with Crippen molar-refractivity contribution in [2.24, 2.45) is 0 Å². The highest BCUT2D eigenvalue weighted by atomic mass is 16.5. The maximum atomic E-state index is 13.2. The zero-order valence-electron chi connectivity index (χ0n) is 39.6. The molecule has 3 atom stereocenters. The first-order valence-corrected chi connectivity index (χ1v) is 25.6. The number of esters is 1. The lowest BCUT2D eigenvalue weighted by Crippen LogP contribution is -2.46. The SMILES string of the molecule is CC/C=C/C=C/C=C\C=C/C=C/CCCC(=O)OC(CCCCCCCCCCCCCCCC)CC(=O)NC(CO)C(O)CCCCCCCCCCCCCCCC. The highest BCUT2D eigenvalue weighted by Crippen LogP contribution is 2.18. The summed E-state index contributed by atoms with van der Waals surface area (Å²) in [5.41, 5.74) is 0. The fourth-order valence-corrected chi connectivity index (χ4v) is 7.64. The van der Waals surface area contributed by atoms with Crippen LogP contribution < -0.4 is 5.32 Å². The van der Waals surface area contributed by atoms with E-state index in [4.69, 9.17) is 4.74 Å². The molecule has 0 aromatic carbocycles. The second-order valence-electron chi connectivity index (χ2n) is 17.3. The molecule has 0 spiro atoms. The molecule has 0 radical (unpaired) electrons. The van der Waals surface area contributed by atoms with Crippen molar-refractivity contribution in [1.82, 2.24) is 5.32 Å². The number of allylic oxidation sites excluding steroid dienone is 10. The first-order chi connectivity index (χ1) is 29.5. The van der Waals surface area contributed by atoms with Crippen LogP contribution >= 0.6 is 0 Å². The molecule has 0 aliphatic heterocycles. The van der Waals surface area contributed by atoms with Crippen LogP contribution in [0.5, 0.6) is 0 Å². The lowest BCUT2D eigenvalue weighted by atomic mass is 10.0. The van der Waals surface area contributed by atoms with Crippen LogP contribution in [0.25, 0.3) is 0 Å². The number of aliphatic hydroxyl groups excluding tert-OH is 2. The molecule has 0 aromatic rings. The summed E-state index contributed by atoms with van der Waals surface area (Å²) < 4.78 is 5.89. The number of aliphatic hydroxyl groups is 2. The van der Waals surface area contributed by atoms with Crippen molar-refractivity contribution in [1.29, 1.82) is 0 Å². The van der Waals surface area contributed by atoms with E-state index < -0.39 is 18.2 Å². The number of unbranched alkanes of at least 4 members (excludes halogenated alkanes) is 27. The van der Waals surface area contributed by atoms with Crippen molar-refractivity contribution in [3.8, 4) is 0 Å². The number of nitrogens with one attached hydrogen (secondary N) is 1. The van der Waals surface area contributed by atoms with Crippen LogP contribution in [0, 0.1) is 0 Å². The van der Waals surface area contributed by atoms with Gasteiger partial charge in [0.1, 0.15) is 6.10 Å². The first kappa shape index (κ1) is 57.6. The zero-order valence-corrected chi connectivity index (χ0v) is 39.6. The van der Waals surface area contributed by atoms with Crippen molar-refractivity contribution in [2.75, 3.05) is 6.61 Å². The maximum absolute atomic E-state index is 13.2. The van der Waals surface area contributed by atoms with E-state index in [0.717, 1.165) is 51.4 Å². The summed E-state index contributed by atoms with van der Waals surface area (Å²) >= 11 is 0. The highest BCUT2D eigenvalue weighted by molar-refractivity contribution is 5.77. The standard InChI is InChI=1S/C54H97NO5/c1-4-7-10-13-16-19-22-25-28-30-33-36-39-42-45-50(60-54(59)47-44-41-38-35-32-27-24-21-18-15-12-9-6-3)48-53(58)55-51(49-56)52(57)46-43-40-37-34-31-29-26-23-20-17-14-11-8-5-2/h9,12,15,18,21,24,27,32,35,38,50-52,56-57H,4-8,10-11,13-14,16-17,19-20,22-23,25-26,28-31,33-34,36-37,39-49H2,1-3H3,(H,55,58)/b12-9+,18-15+,24-21-,32-27-,38-35+. The van der Waals surface area contributed by atoms with Crippen molar-refractivity contribution >= 4 is 11.9 Å². The van der Waals surface area contributed by atoms with Crippen LogP contribution in [-0.4, -0.2) is 46.9 Å².